The Labute approximate surface area is 139 Å². The number of Topliss-reactive ketones (excluding diaryl/α,β-unsaturated/α-hetero) is 1. The molecule has 120 valence electrons. The van der Waals surface area contributed by atoms with Crippen LogP contribution in [-0.4, -0.2) is 18.2 Å². The highest BCUT2D eigenvalue weighted by molar-refractivity contribution is 9.10. The van der Waals surface area contributed by atoms with Crippen molar-refractivity contribution in [2.24, 2.45) is 17.3 Å². The fourth-order valence-corrected chi connectivity index (χ4v) is 4.93. The Balaban J connectivity index is 1.87. The van der Waals surface area contributed by atoms with Gasteiger partial charge in [-0.25, -0.2) is 4.39 Å². The van der Waals surface area contributed by atoms with Gasteiger partial charge in [-0.05, 0) is 55.7 Å². The number of hydrogen-bond donors (Lipinski definition) is 0. The summed E-state index contributed by atoms with van der Waals surface area (Å²) in [5, 5.41) is 0. The molecule has 0 aliphatic heterocycles. The van der Waals surface area contributed by atoms with Crippen molar-refractivity contribution in [2.45, 2.75) is 52.5 Å². The normalized spacial score (nSPS) is 35.7. The molecular weight excluding hydrogens is 347 g/mol. The van der Waals surface area contributed by atoms with Gasteiger partial charge in [0, 0.05) is 15.5 Å². The van der Waals surface area contributed by atoms with Gasteiger partial charge in [-0.15, -0.1) is 0 Å². The van der Waals surface area contributed by atoms with Crippen LogP contribution in [0, 0.1) is 17.3 Å². The molecule has 2 nitrogen and oxygen atoms in total. The van der Waals surface area contributed by atoms with E-state index in [-0.39, 0.29) is 29.1 Å². The van der Waals surface area contributed by atoms with Gasteiger partial charge in [0.1, 0.15) is 0 Å². The monoisotopic (exact) mass is 368 g/mol. The first-order valence-electron chi connectivity index (χ1n) is 7.95. The van der Waals surface area contributed by atoms with Gasteiger partial charge in [-0.3, -0.25) is 4.79 Å². The summed E-state index contributed by atoms with van der Waals surface area (Å²) in [7, 11) is 0. The number of carbonyl (C=O) groups excluding carboxylic acids is 1. The average molecular weight is 369 g/mol. The molecule has 0 bridgehead atoms. The molecule has 0 radical (unpaired) electrons. The van der Waals surface area contributed by atoms with Crippen molar-refractivity contribution in [1.82, 2.24) is 0 Å². The van der Waals surface area contributed by atoms with Gasteiger partial charge < -0.3 is 4.74 Å². The summed E-state index contributed by atoms with van der Waals surface area (Å²) < 4.78 is 19.7. The van der Waals surface area contributed by atoms with Crippen LogP contribution in [0.2, 0.25) is 0 Å². The Hall–Kier alpha value is -0.740. The number of hydrogen-bond acceptors (Lipinski definition) is 2. The second-order valence-corrected chi connectivity index (χ2v) is 8.01. The van der Waals surface area contributed by atoms with E-state index in [1.807, 2.05) is 18.2 Å². The molecule has 1 fully saturated rings. The first-order valence-corrected chi connectivity index (χ1v) is 8.74. The maximum absolute atomic E-state index is 13.2. The lowest BCUT2D eigenvalue weighted by molar-refractivity contribution is -0.137. The zero-order valence-corrected chi connectivity index (χ0v) is 14.8. The number of carbonyl (C=O) groups is 1. The fourth-order valence-electron chi connectivity index (χ4n) is 4.57. The van der Waals surface area contributed by atoms with E-state index >= 15 is 0 Å². The average Bonchev–Trinajstić information content (AvgIpc) is 2.67. The molecule has 2 aliphatic rings. The number of alkyl halides is 1. The predicted octanol–water partition coefficient (Wildman–Crippen LogP) is 4.94. The van der Waals surface area contributed by atoms with Crippen LogP contribution in [0.25, 0.3) is 0 Å². The van der Waals surface area contributed by atoms with E-state index in [2.05, 4.69) is 29.8 Å². The summed E-state index contributed by atoms with van der Waals surface area (Å²) in [6.07, 6.45) is 1.01. The predicted molar refractivity (Wildman–Crippen MR) is 87.6 cm³/mol. The Morgan fingerprint density at radius 1 is 1.32 bits per heavy atom. The summed E-state index contributed by atoms with van der Waals surface area (Å²) in [5.41, 5.74) is 1.68. The van der Waals surface area contributed by atoms with E-state index in [0.29, 0.717) is 0 Å². The molecule has 22 heavy (non-hydrogen) atoms. The third kappa shape index (κ3) is 2.65. The molecule has 1 aromatic rings. The largest absolute Gasteiger partial charge is 0.344 e. The van der Waals surface area contributed by atoms with Gasteiger partial charge in [0.15, 0.2) is 12.1 Å². The van der Waals surface area contributed by atoms with Crippen LogP contribution >= 0.6 is 15.9 Å². The SMILES string of the molecule is CC(F)O[C@H]1[C@H](C)C[C@@]2(Cc3ccc(Br)cc3C2=O)C[C@@H]1C. The number of rotatable bonds is 2. The van der Waals surface area contributed by atoms with Gasteiger partial charge in [0.25, 0.3) is 0 Å². The van der Waals surface area contributed by atoms with Crippen LogP contribution < -0.4 is 0 Å². The van der Waals surface area contributed by atoms with E-state index in [0.717, 1.165) is 34.9 Å². The number of fused-ring (bicyclic) bond motifs is 1. The number of benzene rings is 1. The van der Waals surface area contributed by atoms with Crippen molar-refractivity contribution in [3.63, 3.8) is 0 Å². The summed E-state index contributed by atoms with van der Waals surface area (Å²) in [5.74, 6) is 0.626. The molecule has 2 aliphatic carbocycles. The van der Waals surface area contributed by atoms with Crippen molar-refractivity contribution in [1.29, 1.82) is 0 Å². The summed E-state index contributed by atoms with van der Waals surface area (Å²) >= 11 is 3.45. The quantitative estimate of drug-likeness (QED) is 0.738. The Kier molecular flexibility index (Phi) is 4.19. The van der Waals surface area contributed by atoms with Crippen LogP contribution in [0.4, 0.5) is 4.39 Å². The van der Waals surface area contributed by atoms with Crippen molar-refractivity contribution < 1.29 is 13.9 Å². The topological polar surface area (TPSA) is 26.3 Å². The van der Waals surface area contributed by atoms with Gasteiger partial charge in [0.2, 0.25) is 0 Å². The highest BCUT2D eigenvalue weighted by atomic mass is 79.9. The van der Waals surface area contributed by atoms with Crippen LogP contribution in [0.3, 0.4) is 0 Å². The van der Waals surface area contributed by atoms with Crippen LogP contribution in [-0.2, 0) is 11.2 Å². The van der Waals surface area contributed by atoms with Crippen molar-refractivity contribution in [2.75, 3.05) is 0 Å². The van der Waals surface area contributed by atoms with Crippen LogP contribution in [0.1, 0.15) is 49.5 Å². The lowest BCUT2D eigenvalue weighted by Gasteiger charge is -2.44. The molecule has 1 saturated carbocycles. The number of ether oxygens (including phenoxy) is 1. The van der Waals surface area contributed by atoms with E-state index in [1.165, 1.54) is 6.92 Å². The zero-order valence-electron chi connectivity index (χ0n) is 13.2. The molecule has 0 heterocycles. The van der Waals surface area contributed by atoms with Gasteiger partial charge >= 0.3 is 0 Å². The van der Waals surface area contributed by atoms with Crippen LogP contribution in [0.5, 0.6) is 0 Å². The molecule has 1 unspecified atom stereocenters. The number of halogens is 2. The molecule has 0 N–H and O–H groups in total. The molecular formula is C18H22BrFO2. The van der Waals surface area contributed by atoms with Crippen molar-refractivity contribution >= 4 is 21.7 Å². The Morgan fingerprint density at radius 2 is 1.95 bits per heavy atom. The highest BCUT2D eigenvalue weighted by Crippen LogP contribution is 2.51. The van der Waals surface area contributed by atoms with E-state index in [1.54, 1.807) is 0 Å². The summed E-state index contributed by atoms with van der Waals surface area (Å²) in [6, 6.07) is 5.99. The van der Waals surface area contributed by atoms with E-state index in [9.17, 15) is 9.18 Å². The maximum atomic E-state index is 13.2. The Morgan fingerprint density at radius 3 is 2.55 bits per heavy atom. The third-order valence-electron chi connectivity index (χ3n) is 5.22. The lowest BCUT2D eigenvalue weighted by Crippen LogP contribution is -2.45. The molecule has 3 rings (SSSR count). The molecule has 5 atom stereocenters. The highest BCUT2D eigenvalue weighted by Gasteiger charge is 2.52. The zero-order chi connectivity index (χ0) is 16.1. The third-order valence-corrected chi connectivity index (χ3v) is 5.71. The second kappa shape index (κ2) is 5.72. The van der Waals surface area contributed by atoms with Gasteiger partial charge in [-0.2, -0.15) is 0 Å². The van der Waals surface area contributed by atoms with E-state index in [4.69, 9.17) is 4.74 Å². The first-order chi connectivity index (χ1) is 10.3. The van der Waals surface area contributed by atoms with Gasteiger partial charge in [0.05, 0.1) is 6.10 Å². The standard InChI is InChI=1S/C18H22BrFO2/c1-10-7-18(8-11(2)16(10)22-12(3)20)9-13-4-5-14(19)6-15(13)17(18)21/h4-6,10-12,16H,7-9H2,1-3H3/t10-,11+,12?,16+,18+. The van der Waals surface area contributed by atoms with Gasteiger partial charge in [-0.1, -0.05) is 35.8 Å². The molecule has 0 saturated heterocycles. The second-order valence-electron chi connectivity index (χ2n) is 7.09. The fraction of sp³-hybridized carbons (Fsp3) is 0.611. The maximum Gasteiger partial charge on any atom is 0.196 e. The lowest BCUT2D eigenvalue weighted by atomic mass is 9.63. The minimum atomic E-state index is -1.25. The molecule has 0 amide bonds. The smallest absolute Gasteiger partial charge is 0.196 e. The first kappa shape index (κ1) is 16.1. The molecule has 4 heteroatoms. The van der Waals surface area contributed by atoms with Crippen LogP contribution in [0.15, 0.2) is 22.7 Å². The minimum Gasteiger partial charge on any atom is -0.344 e. The Bertz CT molecular complexity index is 587. The molecule has 0 aromatic heterocycles. The molecule has 1 spiro atoms. The summed E-state index contributed by atoms with van der Waals surface area (Å²) in [6.45, 7) is 5.59. The van der Waals surface area contributed by atoms with Crippen molar-refractivity contribution in [3.05, 3.63) is 33.8 Å². The number of ketones is 1. The van der Waals surface area contributed by atoms with E-state index < -0.39 is 6.36 Å². The summed E-state index contributed by atoms with van der Waals surface area (Å²) in [4.78, 5) is 13.0. The molecule has 1 aromatic carbocycles. The minimum absolute atomic E-state index is 0.103. The van der Waals surface area contributed by atoms with Crippen molar-refractivity contribution in [3.8, 4) is 0 Å².